The highest BCUT2D eigenvalue weighted by Gasteiger charge is 2.22. The van der Waals surface area contributed by atoms with E-state index < -0.39 is 30.3 Å². The van der Waals surface area contributed by atoms with Crippen molar-refractivity contribution in [3.05, 3.63) is 0 Å². The fourth-order valence-electron chi connectivity index (χ4n) is 0.886. The van der Waals surface area contributed by atoms with Crippen molar-refractivity contribution < 1.29 is 24.6 Å². The van der Waals surface area contributed by atoms with Crippen LogP contribution in [0.2, 0.25) is 0 Å². The maximum atomic E-state index is 11.1. The predicted octanol–water partition coefficient (Wildman–Crippen LogP) is -0.985. The van der Waals surface area contributed by atoms with E-state index in [2.05, 4.69) is 0 Å². The molecule has 0 saturated heterocycles. The second kappa shape index (κ2) is 5.92. The van der Waals surface area contributed by atoms with E-state index in [1.807, 2.05) is 5.32 Å². The molecule has 1 amide bonds. The molecule has 0 saturated carbocycles. The van der Waals surface area contributed by atoms with Crippen LogP contribution in [0.25, 0.3) is 0 Å². The minimum Gasteiger partial charge on any atom is -0.481 e. The number of hydrogen-bond donors (Lipinski definition) is 4. The Bertz CT molecular complexity index is 224. The van der Waals surface area contributed by atoms with Crippen molar-refractivity contribution in [1.82, 2.24) is 5.32 Å². The molecule has 0 rings (SSSR count). The Hall–Kier alpha value is -1.63. The van der Waals surface area contributed by atoms with Crippen LogP contribution in [-0.2, 0) is 9.59 Å². The normalized spacial score (nSPS) is 11.8. The fourth-order valence-corrected chi connectivity index (χ4v) is 0.886. The number of carbonyl (C=O) groups excluding carboxylic acids is 1. The molecule has 0 bridgehead atoms. The molecule has 0 fully saturated rings. The van der Waals surface area contributed by atoms with Gasteiger partial charge in [-0.3, -0.25) is 9.59 Å². The largest absolute Gasteiger partial charge is 0.481 e. The number of amides is 1. The molecule has 0 heterocycles. The van der Waals surface area contributed by atoms with E-state index in [0.29, 0.717) is 0 Å². The van der Waals surface area contributed by atoms with Crippen molar-refractivity contribution in [2.24, 2.45) is 5.73 Å². The summed E-state index contributed by atoms with van der Waals surface area (Å²) < 4.78 is 0. The number of aliphatic carboxylic acids is 1. The lowest BCUT2D eigenvalue weighted by molar-refractivity contribution is -0.139. The standard InChI is InChI=1S/C7H12N2O5/c8-2-1-5(10)4(3-6(11)12)9-7(13)14/h4,9H,1-3,8H2,(H,11,12)(H,13,14). The first-order chi connectivity index (χ1) is 6.47. The van der Waals surface area contributed by atoms with Crippen LogP contribution in [-0.4, -0.2) is 40.6 Å². The van der Waals surface area contributed by atoms with Gasteiger partial charge in [-0.25, -0.2) is 4.79 Å². The molecular weight excluding hydrogens is 192 g/mol. The van der Waals surface area contributed by atoms with Crippen molar-refractivity contribution in [1.29, 1.82) is 0 Å². The number of carboxylic acids is 1. The zero-order chi connectivity index (χ0) is 11.1. The van der Waals surface area contributed by atoms with Crippen LogP contribution in [0.5, 0.6) is 0 Å². The Morgan fingerprint density at radius 3 is 2.21 bits per heavy atom. The zero-order valence-electron chi connectivity index (χ0n) is 7.40. The molecule has 0 aromatic rings. The molecule has 0 radical (unpaired) electrons. The van der Waals surface area contributed by atoms with Crippen LogP contribution in [0, 0.1) is 0 Å². The van der Waals surface area contributed by atoms with E-state index in [0.717, 1.165) is 0 Å². The molecule has 1 atom stereocenters. The molecule has 5 N–H and O–H groups in total. The first kappa shape index (κ1) is 12.4. The highest BCUT2D eigenvalue weighted by atomic mass is 16.4. The van der Waals surface area contributed by atoms with E-state index in [4.69, 9.17) is 15.9 Å². The number of carbonyl (C=O) groups is 3. The smallest absolute Gasteiger partial charge is 0.405 e. The SMILES string of the molecule is NCCC(=O)C(CC(=O)O)NC(=O)O. The van der Waals surface area contributed by atoms with Crippen LogP contribution in [0.4, 0.5) is 4.79 Å². The monoisotopic (exact) mass is 204 g/mol. The van der Waals surface area contributed by atoms with Crippen LogP contribution in [0.3, 0.4) is 0 Å². The van der Waals surface area contributed by atoms with Crippen molar-refractivity contribution in [3.8, 4) is 0 Å². The molecule has 0 spiro atoms. The van der Waals surface area contributed by atoms with Gasteiger partial charge in [0.2, 0.25) is 0 Å². The van der Waals surface area contributed by atoms with Gasteiger partial charge in [-0.15, -0.1) is 0 Å². The quantitative estimate of drug-likeness (QED) is 0.439. The second-order valence-corrected chi connectivity index (χ2v) is 2.60. The highest BCUT2D eigenvalue weighted by Crippen LogP contribution is 1.97. The number of carboxylic acid groups (broad SMARTS) is 2. The fraction of sp³-hybridized carbons (Fsp3) is 0.571. The van der Waals surface area contributed by atoms with Gasteiger partial charge in [0.05, 0.1) is 6.42 Å². The topological polar surface area (TPSA) is 130 Å². The van der Waals surface area contributed by atoms with Gasteiger partial charge in [-0.2, -0.15) is 0 Å². The maximum absolute atomic E-state index is 11.1. The second-order valence-electron chi connectivity index (χ2n) is 2.60. The summed E-state index contributed by atoms with van der Waals surface area (Å²) in [6, 6.07) is -1.21. The van der Waals surface area contributed by atoms with E-state index in [-0.39, 0.29) is 13.0 Å². The number of nitrogens with one attached hydrogen (secondary N) is 1. The summed E-state index contributed by atoms with van der Waals surface area (Å²) in [6.45, 7) is 0.0657. The van der Waals surface area contributed by atoms with E-state index in [1.54, 1.807) is 0 Å². The van der Waals surface area contributed by atoms with E-state index in [9.17, 15) is 14.4 Å². The van der Waals surface area contributed by atoms with Crippen LogP contribution in [0.1, 0.15) is 12.8 Å². The van der Waals surface area contributed by atoms with Crippen LogP contribution < -0.4 is 11.1 Å². The molecule has 0 aliphatic carbocycles. The molecule has 7 heteroatoms. The zero-order valence-corrected chi connectivity index (χ0v) is 7.40. The molecule has 0 aliphatic heterocycles. The number of nitrogens with two attached hydrogens (primary N) is 1. The summed E-state index contributed by atoms with van der Waals surface area (Å²) in [5.41, 5.74) is 5.09. The molecule has 7 nitrogen and oxygen atoms in total. The van der Waals surface area contributed by atoms with Crippen molar-refractivity contribution >= 4 is 17.8 Å². The summed E-state index contributed by atoms with van der Waals surface area (Å²) in [4.78, 5) is 31.6. The van der Waals surface area contributed by atoms with Crippen molar-refractivity contribution in [3.63, 3.8) is 0 Å². The summed E-state index contributed by atoms with van der Waals surface area (Å²) >= 11 is 0. The minimum atomic E-state index is -1.43. The molecule has 0 aromatic carbocycles. The van der Waals surface area contributed by atoms with Gasteiger partial charge < -0.3 is 21.3 Å². The third-order valence-electron chi connectivity index (χ3n) is 1.46. The Morgan fingerprint density at radius 1 is 1.29 bits per heavy atom. The predicted molar refractivity (Wildman–Crippen MR) is 45.9 cm³/mol. The van der Waals surface area contributed by atoms with E-state index >= 15 is 0 Å². The first-order valence-corrected chi connectivity index (χ1v) is 3.91. The lowest BCUT2D eigenvalue weighted by Crippen LogP contribution is -2.42. The highest BCUT2D eigenvalue weighted by molar-refractivity contribution is 5.90. The van der Waals surface area contributed by atoms with Crippen molar-refractivity contribution in [2.75, 3.05) is 6.54 Å². The van der Waals surface area contributed by atoms with Gasteiger partial charge in [0.15, 0.2) is 5.78 Å². The van der Waals surface area contributed by atoms with E-state index in [1.165, 1.54) is 0 Å². The number of rotatable bonds is 6. The Kier molecular flexibility index (Phi) is 5.23. The summed E-state index contributed by atoms with van der Waals surface area (Å²) in [6.07, 6.45) is -2.04. The Morgan fingerprint density at radius 2 is 1.86 bits per heavy atom. The molecule has 80 valence electrons. The van der Waals surface area contributed by atoms with Gasteiger partial charge in [-0.05, 0) is 6.54 Å². The molecule has 0 aliphatic rings. The van der Waals surface area contributed by atoms with Gasteiger partial charge in [0.25, 0.3) is 0 Å². The third kappa shape index (κ3) is 5.09. The first-order valence-electron chi connectivity index (χ1n) is 3.91. The summed E-state index contributed by atoms with van der Waals surface area (Å²) in [5, 5.41) is 18.6. The van der Waals surface area contributed by atoms with Crippen molar-refractivity contribution in [2.45, 2.75) is 18.9 Å². The van der Waals surface area contributed by atoms with Gasteiger partial charge in [0, 0.05) is 6.42 Å². The van der Waals surface area contributed by atoms with Crippen LogP contribution in [0.15, 0.2) is 0 Å². The Balaban J connectivity index is 4.29. The van der Waals surface area contributed by atoms with Gasteiger partial charge in [-0.1, -0.05) is 0 Å². The average Bonchev–Trinajstić information content (AvgIpc) is 2.01. The minimum absolute atomic E-state index is 0.0434. The van der Waals surface area contributed by atoms with Gasteiger partial charge >= 0.3 is 12.1 Å². The number of Topliss-reactive ketones (excluding diaryl/α,β-unsaturated/α-hetero) is 1. The molecule has 1 unspecified atom stereocenters. The third-order valence-corrected chi connectivity index (χ3v) is 1.46. The molecular formula is C7H12N2O5. The lowest BCUT2D eigenvalue weighted by Gasteiger charge is -2.12. The summed E-state index contributed by atoms with van der Waals surface area (Å²) in [7, 11) is 0. The lowest BCUT2D eigenvalue weighted by atomic mass is 10.1. The molecule has 14 heavy (non-hydrogen) atoms. The number of hydrogen-bond acceptors (Lipinski definition) is 4. The maximum Gasteiger partial charge on any atom is 0.405 e. The average molecular weight is 204 g/mol. The molecule has 0 aromatic heterocycles. The van der Waals surface area contributed by atoms with Crippen LogP contribution >= 0.6 is 0 Å². The Labute approximate surface area is 79.9 Å². The van der Waals surface area contributed by atoms with Gasteiger partial charge in [0.1, 0.15) is 6.04 Å². The number of ketones is 1. The summed E-state index contributed by atoms with van der Waals surface area (Å²) in [5.74, 6) is -1.76.